The van der Waals surface area contributed by atoms with Crippen LogP contribution in [0.4, 0.5) is 0 Å². The molecule has 0 bridgehead atoms. The molecular formula is C15H16N4O7. The van der Waals surface area contributed by atoms with Gasteiger partial charge in [0.25, 0.3) is 5.56 Å². The van der Waals surface area contributed by atoms with Crippen molar-refractivity contribution in [1.82, 2.24) is 19.5 Å². The van der Waals surface area contributed by atoms with E-state index in [1.165, 1.54) is 22.8 Å². The number of fused-ring (bicyclic) bond motifs is 2. The van der Waals surface area contributed by atoms with Gasteiger partial charge in [-0.2, -0.15) is 0 Å². The Labute approximate surface area is 144 Å². The first-order valence-electron chi connectivity index (χ1n) is 7.64. The highest BCUT2D eigenvalue weighted by Gasteiger charge is 2.26. The second-order valence-electron chi connectivity index (χ2n) is 5.79. The SMILES string of the molecule is O=c1ccc2nc3c(=O)[nH]c(=O)[nH]c3n(CC(O)C(O)C(O)CO)c-2c1. The van der Waals surface area contributed by atoms with Crippen molar-refractivity contribution in [3.63, 3.8) is 0 Å². The number of aliphatic hydroxyl groups excluding tert-OH is 4. The number of hydrogen-bond donors (Lipinski definition) is 6. The Bertz CT molecular complexity index is 1090. The molecule has 3 atom stereocenters. The van der Waals surface area contributed by atoms with E-state index in [9.17, 15) is 29.7 Å². The molecule has 26 heavy (non-hydrogen) atoms. The summed E-state index contributed by atoms with van der Waals surface area (Å²) in [6.45, 7) is -1.17. The Morgan fingerprint density at radius 1 is 1.08 bits per heavy atom. The maximum Gasteiger partial charge on any atom is 0.327 e. The van der Waals surface area contributed by atoms with Crippen molar-refractivity contribution in [1.29, 1.82) is 0 Å². The van der Waals surface area contributed by atoms with Crippen LogP contribution in [0.15, 0.2) is 32.6 Å². The maximum absolute atomic E-state index is 12.0. The van der Waals surface area contributed by atoms with E-state index in [0.717, 1.165) is 0 Å². The Morgan fingerprint density at radius 2 is 1.81 bits per heavy atom. The van der Waals surface area contributed by atoms with E-state index in [4.69, 9.17) is 5.11 Å². The summed E-state index contributed by atoms with van der Waals surface area (Å²) in [5.41, 5.74) is -1.71. The van der Waals surface area contributed by atoms with Crippen LogP contribution in [0.3, 0.4) is 0 Å². The Kier molecular flexibility index (Phi) is 4.70. The highest BCUT2D eigenvalue weighted by Crippen LogP contribution is 2.22. The standard InChI is InChI=1S/C15H16N4O7/c20-5-10(23)12(24)9(22)4-19-8-3-6(21)1-2-7(8)16-11-13(19)17-15(26)18-14(11)25/h1-3,9-10,12,20,22-24H,4-5H2,(H2,17,18,25,26). The van der Waals surface area contributed by atoms with E-state index >= 15 is 0 Å². The zero-order chi connectivity index (χ0) is 19.0. The summed E-state index contributed by atoms with van der Waals surface area (Å²) in [6, 6.07) is 3.82. The molecule has 1 aliphatic carbocycles. The summed E-state index contributed by atoms with van der Waals surface area (Å²) in [4.78, 5) is 43.9. The van der Waals surface area contributed by atoms with E-state index in [2.05, 4.69) is 9.97 Å². The van der Waals surface area contributed by atoms with Gasteiger partial charge in [-0.25, -0.2) is 9.78 Å². The fourth-order valence-electron chi connectivity index (χ4n) is 2.67. The predicted molar refractivity (Wildman–Crippen MR) is 89.0 cm³/mol. The lowest BCUT2D eigenvalue weighted by Gasteiger charge is -2.25. The fourth-order valence-corrected chi connectivity index (χ4v) is 2.67. The molecule has 0 saturated carbocycles. The second-order valence-corrected chi connectivity index (χ2v) is 5.79. The zero-order valence-electron chi connectivity index (χ0n) is 13.3. The average Bonchev–Trinajstić information content (AvgIpc) is 2.61. The minimum absolute atomic E-state index is 0.0680. The van der Waals surface area contributed by atoms with Crippen LogP contribution in [0.2, 0.25) is 0 Å². The van der Waals surface area contributed by atoms with Gasteiger partial charge >= 0.3 is 5.69 Å². The first-order chi connectivity index (χ1) is 12.3. The molecule has 1 aliphatic heterocycles. The van der Waals surface area contributed by atoms with Crippen LogP contribution in [0, 0.1) is 0 Å². The lowest BCUT2D eigenvalue weighted by molar-refractivity contribution is -0.0802. The fraction of sp³-hybridized carbons (Fsp3) is 0.333. The van der Waals surface area contributed by atoms with Crippen molar-refractivity contribution in [2.75, 3.05) is 6.61 Å². The lowest BCUT2D eigenvalue weighted by atomic mass is 10.1. The molecule has 0 amide bonds. The molecule has 11 nitrogen and oxygen atoms in total. The largest absolute Gasteiger partial charge is 0.394 e. The monoisotopic (exact) mass is 364 g/mol. The van der Waals surface area contributed by atoms with Gasteiger partial charge in [0.15, 0.2) is 10.9 Å². The van der Waals surface area contributed by atoms with Gasteiger partial charge in [-0.15, -0.1) is 0 Å². The smallest absolute Gasteiger partial charge is 0.327 e. The number of hydrogen-bond acceptors (Lipinski definition) is 8. The van der Waals surface area contributed by atoms with Gasteiger partial charge in [0.1, 0.15) is 24.0 Å². The molecule has 0 aromatic carbocycles. The van der Waals surface area contributed by atoms with E-state index in [-0.39, 0.29) is 28.0 Å². The van der Waals surface area contributed by atoms with E-state index in [1.807, 2.05) is 4.98 Å². The summed E-state index contributed by atoms with van der Waals surface area (Å²) in [5.74, 6) is 0. The molecule has 2 aliphatic rings. The van der Waals surface area contributed by atoms with Crippen molar-refractivity contribution in [3.8, 4) is 11.4 Å². The van der Waals surface area contributed by atoms with Gasteiger partial charge in [-0.05, 0) is 12.1 Å². The van der Waals surface area contributed by atoms with Gasteiger partial charge < -0.3 is 25.0 Å². The first kappa shape index (κ1) is 17.9. The molecule has 1 aromatic rings. The van der Waals surface area contributed by atoms with Crippen molar-refractivity contribution >= 4 is 11.2 Å². The van der Waals surface area contributed by atoms with E-state index < -0.39 is 42.7 Å². The summed E-state index contributed by atoms with van der Waals surface area (Å²) in [7, 11) is 0. The minimum atomic E-state index is -1.70. The number of rotatable bonds is 5. The third-order valence-electron chi connectivity index (χ3n) is 3.98. The lowest BCUT2D eigenvalue weighted by Crippen LogP contribution is -2.42. The van der Waals surface area contributed by atoms with Crippen molar-refractivity contribution in [3.05, 3.63) is 49.3 Å². The number of nitrogens with one attached hydrogen (secondary N) is 2. The summed E-state index contributed by atoms with van der Waals surface area (Å²) in [6.07, 6.45) is -4.87. The third kappa shape index (κ3) is 3.15. The van der Waals surface area contributed by atoms with Crippen molar-refractivity contribution in [2.45, 2.75) is 24.9 Å². The van der Waals surface area contributed by atoms with E-state index in [1.54, 1.807) is 0 Å². The highest BCUT2D eigenvalue weighted by molar-refractivity contribution is 5.76. The quantitative estimate of drug-likeness (QED) is 0.258. The normalized spacial score (nSPS) is 15.2. The van der Waals surface area contributed by atoms with Crippen LogP contribution in [0.1, 0.15) is 0 Å². The van der Waals surface area contributed by atoms with Crippen molar-refractivity contribution in [2.24, 2.45) is 0 Å². The summed E-state index contributed by atoms with van der Waals surface area (Å²) < 4.78 is 1.24. The molecule has 1 aromatic heterocycles. The Morgan fingerprint density at radius 3 is 2.50 bits per heavy atom. The first-order valence-corrected chi connectivity index (χ1v) is 7.64. The molecule has 6 N–H and O–H groups in total. The third-order valence-corrected chi connectivity index (χ3v) is 3.98. The predicted octanol–water partition coefficient (Wildman–Crippen LogP) is -3.05. The molecular weight excluding hydrogens is 348 g/mol. The van der Waals surface area contributed by atoms with Crippen LogP contribution in [0.25, 0.3) is 22.6 Å². The Hall–Kier alpha value is -2.86. The second kappa shape index (κ2) is 6.80. The topological polar surface area (TPSA) is 182 Å². The minimum Gasteiger partial charge on any atom is -0.394 e. The van der Waals surface area contributed by atoms with Gasteiger partial charge in [0, 0.05) is 6.07 Å². The van der Waals surface area contributed by atoms with Crippen LogP contribution < -0.4 is 16.7 Å². The summed E-state index contributed by atoms with van der Waals surface area (Å²) >= 11 is 0. The average molecular weight is 364 g/mol. The maximum atomic E-state index is 12.0. The zero-order valence-corrected chi connectivity index (χ0v) is 13.3. The number of aromatic amines is 2. The molecule has 11 heteroatoms. The van der Waals surface area contributed by atoms with E-state index in [0.29, 0.717) is 0 Å². The molecule has 3 unspecified atom stereocenters. The number of nitrogens with zero attached hydrogens (tertiary/aromatic N) is 2. The molecule has 3 rings (SSSR count). The highest BCUT2D eigenvalue weighted by atomic mass is 16.4. The number of aromatic nitrogens is 4. The van der Waals surface area contributed by atoms with Gasteiger partial charge in [0.2, 0.25) is 0 Å². The molecule has 138 valence electrons. The molecule has 0 radical (unpaired) electrons. The molecule has 0 spiro atoms. The number of benzene rings is 1. The van der Waals surface area contributed by atoms with Gasteiger partial charge in [-0.1, -0.05) is 0 Å². The van der Waals surface area contributed by atoms with Crippen LogP contribution in [-0.4, -0.2) is 64.9 Å². The molecule has 0 fully saturated rings. The molecule has 2 heterocycles. The number of H-pyrrole nitrogens is 2. The number of aliphatic hydroxyl groups is 4. The van der Waals surface area contributed by atoms with Gasteiger partial charge in [0.05, 0.1) is 24.5 Å². The molecule has 0 saturated heterocycles. The Balaban J connectivity index is 2.26. The van der Waals surface area contributed by atoms with Crippen LogP contribution in [-0.2, 0) is 6.54 Å². The van der Waals surface area contributed by atoms with Crippen LogP contribution >= 0.6 is 0 Å². The van der Waals surface area contributed by atoms with Crippen molar-refractivity contribution < 1.29 is 20.4 Å². The van der Waals surface area contributed by atoms with Gasteiger partial charge in [-0.3, -0.25) is 19.6 Å². The van der Waals surface area contributed by atoms with Crippen LogP contribution in [0.5, 0.6) is 0 Å². The summed E-state index contributed by atoms with van der Waals surface area (Å²) in [5, 5.41) is 38.4.